The Morgan fingerprint density at radius 1 is 1.19 bits per heavy atom. The zero-order chi connectivity index (χ0) is 14.7. The molecule has 0 saturated heterocycles. The van der Waals surface area contributed by atoms with Crippen molar-refractivity contribution in [2.24, 2.45) is 0 Å². The van der Waals surface area contributed by atoms with Gasteiger partial charge in [-0.2, -0.15) is 4.98 Å². The smallest absolute Gasteiger partial charge is 0.280 e. The van der Waals surface area contributed by atoms with Crippen LogP contribution in [0, 0.1) is 0 Å². The topological polar surface area (TPSA) is 110 Å². The van der Waals surface area contributed by atoms with Gasteiger partial charge in [-0.1, -0.05) is 18.2 Å². The van der Waals surface area contributed by atoms with Crippen LogP contribution in [-0.4, -0.2) is 26.5 Å². The van der Waals surface area contributed by atoms with Crippen molar-refractivity contribution in [3.8, 4) is 0 Å². The number of para-hydroxylation sites is 1. The minimum Gasteiger partial charge on any atom is -0.385 e. The summed E-state index contributed by atoms with van der Waals surface area (Å²) in [5, 5.41) is 3.28. The number of fused-ring (bicyclic) bond motifs is 1. The van der Waals surface area contributed by atoms with E-state index in [1.165, 1.54) is 0 Å². The summed E-state index contributed by atoms with van der Waals surface area (Å²) in [6, 6.07) is 9.87. The molecule has 0 saturated carbocycles. The zero-order valence-electron chi connectivity index (χ0n) is 11.2. The van der Waals surface area contributed by atoms with E-state index in [9.17, 15) is 4.79 Å². The van der Waals surface area contributed by atoms with Crippen LogP contribution in [0.2, 0.25) is 0 Å². The van der Waals surface area contributed by atoms with Gasteiger partial charge in [-0.3, -0.25) is 9.78 Å². The normalized spacial score (nSPS) is 10.7. The highest BCUT2D eigenvalue weighted by molar-refractivity contribution is 5.69. The van der Waals surface area contributed by atoms with Crippen molar-refractivity contribution in [1.82, 2.24) is 19.9 Å². The minimum atomic E-state index is -0.372. The van der Waals surface area contributed by atoms with Gasteiger partial charge in [0.2, 0.25) is 5.95 Å². The molecule has 2 aromatic heterocycles. The molecule has 0 atom stereocenters. The molecular weight excluding hydrogens is 268 g/mol. The highest BCUT2D eigenvalue weighted by Gasteiger charge is 2.06. The fraction of sp³-hybridized carbons (Fsp3) is 0.143. The first-order valence-corrected chi connectivity index (χ1v) is 6.53. The molecule has 4 N–H and O–H groups in total. The van der Waals surface area contributed by atoms with E-state index >= 15 is 0 Å². The summed E-state index contributed by atoms with van der Waals surface area (Å²) in [6.45, 7) is 0.699. The Balaban J connectivity index is 1.74. The second-order valence-electron chi connectivity index (χ2n) is 4.53. The lowest BCUT2D eigenvalue weighted by Gasteiger charge is -2.06. The third-order valence-corrected chi connectivity index (χ3v) is 2.97. The fourth-order valence-electron chi connectivity index (χ4n) is 1.98. The van der Waals surface area contributed by atoms with Crippen molar-refractivity contribution < 1.29 is 0 Å². The number of anilines is 2. The molecule has 0 amide bonds. The zero-order valence-corrected chi connectivity index (χ0v) is 11.2. The monoisotopic (exact) mass is 282 g/mol. The highest BCUT2D eigenvalue weighted by Crippen LogP contribution is 2.06. The van der Waals surface area contributed by atoms with Crippen molar-refractivity contribution in [2.75, 3.05) is 17.6 Å². The molecule has 106 valence electrons. The summed E-state index contributed by atoms with van der Waals surface area (Å²) >= 11 is 0. The van der Waals surface area contributed by atoms with E-state index in [0.717, 1.165) is 11.4 Å². The number of nitrogens with zero attached hydrogens (tertiary/aromatic N) is 3. The number of aromatic nitrogens is 4. The molecule has 0 bridgehead atoms. The lowest BCUT2D eigenvalue weighted by molar-refractivity contribution is 0.950. The van der Waals surface area contributed by atoms with E-state index in [-0.39, 0.29) is 22.7 Å². The number of rotatable bonds is 4. The summed E-state index contributed by atoms with van der Waals surface area (Å²) in [5.41, 5.74) is 7.33. The van der Waals surface area contributed by atoms with Crippen LogP contribution in [0.3, 0.4) is 0 Å². The van der Waals surface area contributed by atoms with Gasteiger partial charge in [0.15, 0.2) is 11.2 Å². The Bertz CT molecular complexity index is 815. The van der Waals surface area contributed by atoms with Gasteiger partial charge in [-0.25, -0.2) is 9.97 Å². The van der Waals surface area contributed by atoms with Crippen molar-refractivity contribution in [3.05, 3.63) is 52.6 Å². The number of H-pyrrole nitrogens is 1. The lowest BCUT2D eigenvalue weighted by atomic mass is 10.3. The SMILES string of the molecule is Nc1nc2ncc(CCNc3ccccc3)nc2c(=O)[nH]1. The Kier molecular flexibility index (Phi) is 3.46. The second kappa shape index (κ2) is 5.58. The van der Waals surface area contributed by atoms with Gasteiger partial charge in [0.25, 0.3) is 5.56 Å². The maximum absolute atomic E-state index is 11.8. The molecule has 3 aromatic rings. The summed E-state index contributed by atoms with van der Waals surface area (Å²) in [7, 11) is 0. The standard InChI is InChI=1S/C14H14N6O/c15-14-19-12-11(13(21)20-14)18-10(8-17-12)6-7-16-9-4-2-1-3-5-9/h1-5,8,16H,6-7H2,(H3,15,17,19,20,21). The van der Waals surface area contributed by atoms with Crippen LogP contribution in [0.1, 0.15) is 5.69 Å². The summed E-state index contributed by atoms with van der Waals surface area (Å²) < 4.78 is 0. The average molecular weight is 282 g/mol. The van der Waals surface area contributed by atoms with Crippen molar-refractivity contribution in [1.29, 1.82) is 0 Å². The molecular formula is C14H14N6O. The first kappa shape index (κ1) is 13.0. The predicted molar refractivity (Wildman–Crippen MR) is 81.0 cm³/mol. The maximum Gasteiger partial charge on any atom is 0.280 e. The van der Waals surface area contributed by atoms with Crippen LogP contribution in [-0.2, 0) is 6.42 Å². The molecule has 1 aromatic carbocycles. The molecule has 0 aliphatic rings. The number of nitrogen functional groups attached to an aromatic ring is 1. The molecule has 2 heterocycles. The van der Waals surface area contributed by atoms with Gasteiger partial charge in [0.1, 0.15) is 0 Å². The van der Waals surface area contributed by atoms with E-state index in [1.807, 2.05) is 30.3 Å². The van der Waals surface area contributed by atoms with Crippen molar-refractivity contribution >= 4 is 22.8 Å². The van der Waals surface area contributed by atoms with Gasteiger partial charge >= 0.3 is 0 Å². The summed E-state index contributed by atoms with van der Waals surface area (Å²) in [6.07, 6.45) is 2.27. The van der Waals surface area contributed by atoms with Crippen LogP contribution in [0.4, 0.5) is 11.6 Å². The molecule has 21 heavy (non-hydrogen) atoms. The van der Waals surface area contributed by atoms with Crippen molar-refractivity contribution in [2.45, 2.75) is 6.42 Å². The van der Waals surface area contributed by atoms with Gasteiger partial charge in [-0.15, -0.1) is 0 Å². The molecule has 0 aliphatic carbocycles. The minimum absolute atomic E-state index is 0.0419. The van der Waals surface area contributed by atoms with Gasteiger partial charge < -0.3 is 11.1 Å². The molecule has 7 nitrogen and oxygen atoms in total. The molecule has 0 unspecified atom stereocenters. The maximum atomic E-state index is 11.8. The summed E-state index contributed by atoms with van der Waals surface area (Å²) in [4.78, 5) is 26.5. The predicted octanol–water partition coefficient (Wildman–Crippen LogP) is 0.950. The van der Waals surface area contributed by atoms with Gasteiger partial charge in [-0.05, 0) is 12.1 Å². The highest BCUT2D eigenvalue weighted by atomic mass is 16.1. The third-order valence-electron chi connectivity index (χ3n) is 2.97. The van der Waals surface area contributed by atoms with E-state index < -0.39 is 0 Å². The largest absolute Gasteiger partial charge is 0.385 e. The number of benzene rings is 1. The lowest BCUT2D eigenvalue weighted by Crippen LogP contribution is -2.15. The number of nitrogens with two attached hydrogens (primary N) is 1. The average Bonchev–Trinajstić information content (AvgIpc) is 2.49. The number of aromatic amines is 1. The first-order valence-electron chi connectivity index (χ1n) is 6.53. The quantitative estimate of drug-likeness (QED) is 0.657. The Hall–Kier alpha value is -2.96. The van der Waals surface area contributed by atoms with Crippen LogP contribution in [0.15, 0.2) is 41.3 Å². The number of hydrogen-bond donors (Lipinski definition) is 3. The van der Waals surface area contributed by atoms with Crippen molar-refractivity contribution in [3.63, 3.8) is 0 Å². The molecule has 0 fully saturated rings. The van der Waals surface area contributed by atoms with E-state index in [0.29, 0.717) is 13.0 Å². The van der Waals surface area contributed by atoms with E-state index in [2.05, 4.69) is 25.3 Å². The Labute approximate surface area is 120 Å². The third kappa shape index (κ3) is 2.97. The first-order chi connectivity index (χ1) is 10.2. The molecule has 0 radical (unpaired) electrons. The van der Waals surface area contributed by atoms with Crippen LogP contribution >= 0.6 is 0 Å². The van der Waals surface area contributed by atoms with E-state index in [1.54, 1.807) is 6.20 Å². The Morgan fingerprint density at radius 2 is 2.00 bits per heavy atom. The Morgan fingerprint density at radius 3 is 2.81 bits per heavy atom. The van der Waals surface area contributed by atoms with Crippen LogP contribution in [0.5, 0.6) is 0 Å². The molecule has 3 rings (SSSR count). The van der Waals surface area contributed by atoms with Crippen LogP contribution < -0.4 is 16.6 Å². The number of nitrogens with one attached hydrogen (secondary N) is 2. The van der Waals surface area contributed by atoms with Crippen LogP contribution in [0.25, 0.3) is 11.2 Å². The molecule has 7 heteroatoms. The summed E-state index contributed by atoms with van der Waals surface area (Å²) in [5.74, 6) is 0.0419. The van der Waals surface area contributed by atoms with Gasteiger partial charge in [0, 0.05) is 18.7 Å². The second-order valence-corrected chi connectivity index (χ2v) is 4.53. The fourth-order valence-corrected chi connectivity index (χ4v) is 1.98. The molecule has 0 aliphatic heterocycles. The molecule has 0 spiro atoms. The van der Waals surface area contributed by atoms with Gasteiger partial charge in [0.05, 0.1) is 11.9 Å². The number of hydrogen-bond acceptors (Lipinski definition) is 6. The van der Waals surface area contributed by atoms with E-state index in [4.69, 9.17) is 5.73 Å².